The predicted molar refractivity (Wildman–Crippen MR) is 71.4 cm³/mol. The lowest BCUT2D eigenvalue weighted by Crippen LogP contribution is -2.38. The summed E-state index contributed by atoms with van der Waals surface area (Å²) >= 11 is 0. The molecule has 2 rings (SSSR count). The minimum Gasteiger partial charge on any atom is -0.477 e. The maximum atomic E-state index is 13.1. The summed E-state index contributed by atoms with van der Waals surface area (Å²) in [4.78, 5) is 11.2. The fourth-order valence-electron chi connectivity index (χ4n) is 2.58. The van der Waals surface area contributed by atoms with Crippen molar-refractivity contribution in [1.82, 2.24) is 4.31 Å². The van der Waals surface area contributed by atoms with Gasteiger partial charge in [0.15, 0.2) is 0 Å². The normalized spacial score (nSPS) is 25.2. The molecule has 0 aromatic rings. The molecule has 0 aromatic heterocycles. The summed E-state index contributed by atoms with van der Waals surface area (Å²) in [5.74, 6) is -4.57. The van der Waals surface area contributed by atoms with E-state index in [1.54, 1.807) is 0 Å². The van der Waals surface area contributed by atoms with Crippen molar-refractivity contribution >= 4 is 21.9 Å². The van der Waals surface area contributed by atoms with Crippen molar-refractivity contribution in [2.24, 2.45) is 10.3 Å². The number of aliphatic carboxylic acids is 1. The molecule has 1 saturated carbocycles. The van der Waals surface area contributed by atoms with Gasteiger partial charge in [-0.2, -0.15) is 8.42 Å². The maximum absolute atomic E-state index is 13.1. The number of alkyl halides is 2. The number of allylic oxidation sites excluding steroid dienone is 1. The fourth-order valence-corrected chi connectivity index (χ4v) is 3.85. The van der Waals surface area contributed by atoms with Gasteiger partial charge in [-0.3, -0.25) is 0 Å². The van der Waals surface area contributed by atoms with Gasteiger partial charge in [-0.25, -0.2) is 17.9 Å². The average Bonchev–Trinajstić information content (AvgIpc) is 2.36. The summed E-state index contributed by atoms with van der Waals surface area (Å²) < 4.78 is 54.6. The Balaban J connectivity index is 2.32. The molecule has 9 heteroatoms. The van der Waals surface area contributed by atoms with Crippen molar-refractivity contribution in [2.45, 2.75) is 38.5 Å². The van der Waals surface area contributed by atoms with Crippen molar-refractivity contribution in [3.63, 3.8) is 0 Å². The van der Waals surface area contributed by atoms with Crippen LogP contribution in [0, 0.1) is 5.92 Å². The molecule has 0 aromatic carbocycles. The summed E-state index contributed by atoms with van der Waals surface area (Å²) in [6.45, 7) is 1.44. The second-order valence-electron chi connectivity index (χ2n) is 5.12. The lowest BCUT2D eigenvalue weighted by Gasteiger charge is -2.31. The minimum absolute atomic E-state index is 0.0556. The van der Waals surface area contributed by atoms with Gasteiger partial charge in [0.05, 0.1) is 5.71 Å². The monoisotopic (exact) mass is 322 g/mol. The molecule has 118 valence electrons. The first-order chi connectivity index (χ1) is 9.66. The van der Waals surface area contributed by atoms with Crippen LogP contribution in [-0.4, -0.2) is 42.0 Å². The molecule has 1 aliphatic carbocycles. The van der Waals surface area contributed by atoms with Crippen LogP contribution >= 0.6 is 0 Å². The van der Waals surface area contributed by atoms with Gasteiger partial charge in [0, 0.05) is 25.3 Å². The van der Waals surface area contributed by atoms with E-state index in [0.717, 1.165) is 0 Å². The molecule has 0 unspecified atom stereocenters. The van der Waals surface area contributed by atoms with E-state index in [4.69, 9.17) is 5.11 Å². The standard InChI is InChI=1S/C12H16F2N2O4S/c1-2-16-10(11(17)18)7-9(15-21(16,19)20)8-3-5-12(13,14)6-4-8/h7-8H,2-6H2,1H3,(H,17,18). The molecule has 0 spiro atoms. The second kappa shape index (κ2) is 5.36. The van der Waals surface area contributed by atoms with E-state index in [-0.39, 0.29) is 43.6 Å². The highest BCUT2D eigenvalue weighted by Gasteiger charge is 2.39. The van der Waals surface area contributed by atoms with Gasteiger partial charge >= 0.3 is 16.2 Å². The minimum atomic E-state index is -4.11. The van der Waals surface area contributed by atoms with Crippen molar-refractivity contribution in [2.75, 3.05) is 6.54 Å². The molecule has 21 heavy (non-hydrogen) atoms. The molecular weight excluding hydrogens is 306 g/mol. The summed E-state index contributed by atoms with van der Waals surface area (Å²) in [7, 11) is -4.11. The molecule has 1 aliphatic heterocycles. The van der Waals surface area contributed by atoms with E-state index in [2.05, 4.69) is 4.40 Å². The number of carbonyl (C=O) groups is 1. The largest absolute Gasteiger partial charge is 0.477 e. The first kappa shape index (κ1) is 15.9. The summed E-state index contributed by atoms with van der Waals surface area (Å²) in [6.07, 6.45) is 0.684. The van der Waals surface area contributed by atoms with Gasteiger partial charge in [0.25, 0.3) is 0 Å². The van der Waals surface area contributed by atoms with Crippen molar-refractivity contribution in [3.8, 4) is 0 Å². The molecule has 0 bridgehead atoms. The molecule has 0 saturated heterocycles. The number of rotatable bonds is 3. The van der Waals surface area contributed by atoms with Gasteiger partial charge in [-0.15, -0.1) is 4.40 Å². The Morgan fingerprint density at radius 2 is 2.05 bits per heavy atom. The number of hydrogen-bond acceptors (Lipinski definition) is 3. The van der Waals surface area contributed by atoms with Gasteiger partial charge in [0.2, 0.25) is 5.92 Å². The first-order valence-electron chi connectivity index (χ1n) is 6.61. The van der Waals surface area contributed by atoms with Gasteiger partial charge < -0.3 is 5.11 Å². The highest BCUT2D eigenvalue weighted by Crippen LogP contribution is 2.38. The summed E-state index contributed by atoms with van der Waals surface area (Å²) in [6, 6.07) is 0. The third-order valence-electron chi connectivity index (χ3n) is 3.69. The van der Waals surface area contributed by atoms with Crippen LogP contribution in [0.1, 0.15) is 32.6 Å². The number of carboxylic acids is 1. The maximum Gasteiger partial charge on any atom is 0.353 e. The Hall–Kier alpha value is -1.51. The zero-order valence-corrected chi connectivity index (χ0v) is 12.2. The van der Waals surface area contributed by atoms with Crippen LogP contribution in [-0.2, 0) is 15.0 Å². The third kappa shape index (κ3) is 3.22. The Kier molecular flexibility index (Phi) is 4.05. The number of halogens is 2. The Labute approximate surface area is 121 Å². The van der Waals surface area contributed by atoms with Crippen LogP contribution in [0.25, 0.3) is 0 Å². The molecule has 0 radical (unpaired) electrons. The Morgan fingerprint density at radius 1 is 1.48 bits per heavy atom. The quantitative estimate of drug-likeness (QED) is 0.858. The summed E-state index contributed by atoms with van der Waals surface area (Å²) in [5, 5.41) is 9.12. The average molecular weight is 322 g/mol. The van der Waals surface area contributed by atoms with Crippen LogP contribution in [0.5, 0.6) is 0 Å². The van der Waals surface area contributed by atoms with Crippen molar-refractivity contribution in [1.29, 1.82) is 0 Å². The Bertz CT molecular complexity index is 603. The van der Waals surface area contributed by atoms with Gasteiger partial charge in [0.1, 0.15) is 5.70 Å². The zero-order valence-electron chi connectivity index (χ0n) is 11.4. The lowest BCUT2D eigenvalue weighted by molar-refractivity contribution is -0.133. The van der Waals surface area contributed by atoms with E-state index in [1.807, 2.05) is 0 Å². The predicted octanol–water partition coefficient (Wildman–Crippen LogP) is 1.80. The zero-order chi connectivity index (χ0) is 15.8. The SMILES string of the molecule is CCN1C(C(=O)O)=CC(C2CCC(F)(F)CC2)=NS1(=O)=O. The fraction of sp³-hybridized carbons (Fsp3) is 0.667. The van der Waals surface area contributed by atoms with Crippen molar-refractivity contribution in [3.05, 3.63) is 11.8 Å². The topological polar surface area (TPSA) is 87.0 Å². The highest BCUT2D eigenvalue weighted by molar-refractivity contribution is 7.88. The van der Waals surface area contributed by atoms with E-state index in [0.29, 0.717) is 4.31 Å². The molecule has 6 nitrogen and oxygen atoms in total. The van der Waals surface area contributed by atoms with Gasteiger partial charge in [-0.05, 0) is 25.8 Å². The second-order valence-corrected chi connectivity index (χ2v) is 6.64. The van der Waals surface area contributed by atoms with E-state index >= 15 is 0 Å². The molecule has 0 amide bonds. The third-order valence-corrected chi connectivity index (χ3v) is 5.15. The molecule has 1 fully saturated rings. The van der Waals surface area contributed by atoms with E-state index < -0.39 is 28.0 Å². The van der Waals surface area contributed by atoms with Gasteiger partial charge in [-0.1, -0.05) is 0 Å². The van der Waals surface area contributed by atoms with Crippen LogP contribution in [0.2, 0.25) is 0 Å². The van der Waals surface area contributed by atoms with Crippen LogP contribution in [0.4, 0.5) is 8.78 Å². The number of nitrogens with zero attached hydrogens (tertiary/aromatic N) is 2. The number of likely N-dealkylation sites (N-methyl/N-ethyl adjacent to an activating group) is 1. The van der Waals surface area contributed by atoms with E-state index in [9.17, 15) is 22.0 Å². The van der Waals surface area contributed by atoms with Crippen molar-refractivity contribution < 1.29 is 27.1 Å². The van der Waals surface area contributed by atoms with Crippen LogP contribution in [0.15, 0.2) is 16.2 Å². The van der Waals surface area contributed by atoms with Crippen LogP contribution < -0.4 is 0 Å². The van der Waals surface area contributed by atoms with Crippen LogP contribution in [0.3, 0.4) is 0 Å². The highest BCUT2D eigenvalue weighted by atomic mass is 32.2. The molecular formula is C12H16F2N2O4S. The number of carboxylic acid groups (broad SMARTS) is 1. The molecule has 2 aliphatic rings. The lowest BCUT2D eigenvalue weighted by atomic mass is 9.83. The smallest absolute Gasteiger partial charge is 0.353 e. The number of hydrogen-bond donors (Lipinski definition) is 1. The molecule has 1 N–H and O–H groups in total. The molecule has 0 atom stereocenters. The summed E-state index contributed by atoms with van der Waals surface area (Å²) in [5.41, 5.74) is -0.326. The first-order valence-corrected chi connectivity index (χ1v) is 8.01. The Morgan fingerprint density at radius 3 is 2.52 bits per heavy atom. The van der Waals surface area contributed by atoms with E-state index in [1.165, 1.54) is 13.0 Å². The molecule has 1 heterocycles.